The summed E-state index contributed by atoms with van der Waals surface area (Å²) >= 11 is 0. The van der Waals surface area contributed by atoms with Crippen molar-refractivity contribution in [2.45, 2.75) is 0 Å². The van der Waals surface area contributed by atoms with Crippen molar-refractivity contribution < 1.29 is 4.42 Å². The molecule has 0 saturated heterocycles. The summed E-state index contributed by atoms with van der Waals surface area (Å²) in [6, 6.07) is 69.5. The normalized spacial score (nSPS) is 11.5. The highest BCUT2D eigenvalue weighted by molar-refractivity contribution is 6.25. The molecular weight excluding hydrogens is 695 g/mol. The van der Waals surface area contributed by atoms with Gasteiger partial charge in [0.05, 0.1) is 22.6 Å². The Morgan fingerprint density at radius 3 is 1.51 bits per heavy atom. The van der Waals surface area contributed by atoms with E-state index in [1.807, 2.05) is 48.5 Å². The standard InChI is InChI=1S/C53H33N3O/c1-4-13-37(14-5-1)47-33-48(56-53(55-47)40-17-8-3-9-18-40)38-29-25-35(26-30-38)34-23-27-36(28-24-34)41-20-12-21-42-43-31-32-45-49(52(43)57-51(41)42)44-19-10-11-22-46(44)54-50(45)39-15-6-2-7-16-39/h1-33H. The predicted molar refractivity (Wildman–Crippen MR) is 235 cm³/mol. The Kier molecular flexibility index (Phi) is 7.78. The number of hydrogen-bond acceptors (Lipinski definition) is 4. The molecular formula is C53H33N3O. The third-order valence-electron chi connectivity index (χ3n) is 10.9. The van der Waals surface area contributed by atoms with Gasteiger partial charge in [0.1, 0.15) is 11.2 Å². The van der Waals surface area contributed by atoms with Gasteiger partial charge in [0, 0.05) is 54.7 Å². The fraction of sp³-hybridized carbons (Fsp3) is 0. The average Bonchev–Trinajstić information content (AvgIpc) is 3.69. The van der Waals surface area contributed by atoms with Crippen molar-refractivity contribution in [1.82, 2.24) is 15.0 Å². The van der Waals surface area contributed by atoms with Gasteiger partial charge in [-0.05, 0) is 34.9 Å². The van der Waals surface area contributed by atoms with Gasteiger partial charge in [0.25, 0.3) is 0 Å². The Bertz CT molecular complexity index is 3190. The van der Waals surface area contributed by atoms with Crippen LogP contribution in [0.3, 0.4) is 0 Å². The summed E-state index contributed by atoms with van der Waals surface area (Å²) < 4.78 is 6.96. The lowest BCUT2D eigenvalue weighted by Gasteiger charge is -2.10. The molecule has 0 aliphatic heterocycles. The molecule has 0 spiro atoms. The van der Waals surface area contributed by atoms with Crippen molar-refractivity contribution in [2.75, 3.05) is 0 Å². The molecule has 0 saturated carbocycles. The van der Waals surface area contributed by atoms with Crippen LogP contribution >= 0.6 is 0 Å². The van der Waals surface area contributed by atoms with E-state index in [1.165, 1.54) is 0 Å². The second-order valence-corrected chi connectivity index (χ2v) is 14.3. The van der Waals surface area contributed by atoms with E-state index in [9.17, 15) is 0 Å². The molecule has 0 amide bonds. The predicted octanol–water partition coefficient (Wildman–Crippen LogP) is 14.1. The molecule has 0 fully saturated rings. The molecule has 11 aromatic rings. The van der Waals surface area contributed by atoms with Gasteiger partial charge in [-0.3, -0.25) is 0 Å². The van der Waals surface area contributed by atoms with Crippen LogP contribution in [0.2, 0.25) is 0 Å². The molecule has 4 heteroatoms. The van der Waals surface area contributed by atoms with Crippen LogP contribution in [0.5, 0.6) is 0 Å². The van der Waals surface area contributed by atoms with Crippen molar-refractivity contribution in [2.24, 2.45) is 0 Å². The van der Waals surface area contributed by atoms with Gasteiger partial charge in [-0.1, -0.05) is 182 Å². The molecule has 57 heavy (non-hydrogen) atoms. The SMILES string of the molecule is c1ccc(-c2cc(-c3ccc(-c4ccc(-c5cccc6c5oc5c6ccc6c(-c7ccccc7)nc7ccccc7c65)cc4)cc3)nc(-c3ccccc3)n2)cc1. The Labute approximate surface area is 329 Å². The highest BCUT2D eigenvalue weighted by Gasteiger charge is 2.19. The van der Waals surface area contributed by atoms with Gasteiger partial charge >= 0.3 is 0 Å². The molecule has 8 aromatic carbocycles. The molecule has 0 radical (unpaired) electrons. The fourth-order valence-corrected chi connectivity index (χ4v) is 8.08. The first-order valence-corrected chi connectivity index (χ1v) is 19.2. The van der Waals surface area contributed by atoms with Crippen LogP contribution in [0.25, 0.3) is 111 Å². The number of fused-ring (bicyclic) bond motifs is 7. The van der Waals surface area contributed by atoms with Gasteiger partial charge in [-0.2, -0.15) is 0 Å². The van der Waals surface area contributed by atoms with Gasteiger partial charge in [0.2, 0.25) is 0 Å². The number of pyridine rings is 1. The van der Waals surface area contributed by atoms with Gasteiger partial charge in [-0.25, -0.2) is 15.0 Å². The Balaban J connectivity index is 0.962. The van der Waals surface area contributed by atoms with Crippen LogP contribution in [0.4, 0.5) is 0 Å². The van der Waals surface area contributed by atoms with Gasteiger partial charge in [-0.15, -0.1) is 0 Å². The maximum absolute atomic E-state index is 6.96. The summed E-state index contributed by atoms with van der Waals surface area (Å²) in [5.74, 6) is 0.710. The lowest BCUT2D eigenvalue weighted by molar-refractivity contribution is 0.674. The number of hydrogen-bond donors (Lipinski definition) is 0. The second kappa shape index (κ2) is 13.6. The maximum atomic E-state index is 6.96. The molecule has 0 N–H and O–H groups in total. The highest BCUT2D eigenvalue weighted by atomic mass is 16.3. The monoisotopic (exact) mass is 727 g/mol. The summed E-state index contributed by atoms with van der Waals surface area (Å²) in [7, 11) is 0. The molecule has 266 valence electrons. The van der Waals surface area contributed by atoms with Crippen LogP contribution in [0.15, 0.2) is 205 Å². The van der Waals surface area contributed by atoms with E-state index in [4.69, 9.17) is 19.4 Å². The lowest BCUT2D eigenvalue weighted by Crippen LogP contribution is -1.95. The van der Waals surface area contributed by atoms with E-state index in [-0.39, 0.29) is 0 Å². The third-order valence-corrected chi connectivity index (χ3v) is 10.9. The minimum absolute atomic E-state index is 0.710. The molecule has 0 aliphatic rings. The van der Waals surface area contributed by atoms with E-state index in [2.05, 4.69) is 152 Å². The molecule has 0 aliphatic carbocycles. The highest BCUT2D eigenvalue weighted by Crippen LogP contribution is 2.43. The topological polar surface area (TPSA) is 51.8 Å². The van der Waals surface area contributed by atoms with Crippen LogP contribution in [-0.4, -0.2) is 15.0 Å². The summed E-state index contributed by atoms with van der Waals surface area (Å²) in [6.07, 6.45) is 0. The van der Waals surface area contributed by atoms with Gasteiger partial charge < -0.3 is 4.42 Å². The number of rotatable bonds is 6. The second-order valence-electron chi connectivity index (χ2n) is 14.3. The van der Waals surface area contributed by atoms with Crippen molar-refractivity contribution in [1.29, 1.82) is 0 Å². The Hall–Kier alpha value is -7.69. The quantitative estimate of drug-likeness (QED) is 0.160. The van der Waals surface area contributed by atoms with Gasteiger partial charge in [0.15, 0.2) is 5.82 Å². The minimum Gasteiger partial charge on any atom is -0.455 e. The summed E-state index contributed by atoms with van der Waals surface area (Å²) in [5, 5.41) is 5.45. The zero-order chi connectivity index (χ0) is 37.7. The molecule has 0 unspecified atom stereocenters. The third kappa shape index (κ3) is 5.74. The van der Waals surface area contributed by atoms with Crippen LogP contribution in [0.1, 0.15) is 0 Å². The van der Waals surface area contributed by atoms with Crippen molar-refractivity contribution >= 4 is 43.6 Å². The first kappa shape index (κ1) is 32.7. The van der Waals surface area contributed by atoms with E-state index in [1.54, 1.807) is 0 Å². The van der Waals surface area contributed by atoms with E-state index >= 15 is 0 Å². The summed E-state index contributed by atoms with van der Waals surface area (Å²) in [6.45, 7) is 0. The molecule has 0 atom stereocenters. The fourth-order valence-electron chi connectivity index (χ4n) is 8.08. The first-order chi connectivity index (χ1) is 28.2. The molecule has 0 bridgehead atoms. The minimum atomic E-state index is 0.710. The zero-order valence-electron chi connectivity index (χ0n) is 30.8. The zero-order valence-corrected chi connectivity index (χ0v) is 30.8. The smallest absolute Gasteiger partial charge is 0.160 e. The number of nitrogens with zero attached hydrogens (tertiary/aromatic N) is 3. The first-order valence-electron chi connectivity index (χ1n) is 19.2. The van der Waals surface area contributed by atoms with Crippen molar-refractivity contribution in [3.63, 3.8) is 0 Å². The van der Waals surface area contributed by atoms with Crippen LogP contribution in [0, 0.1) is 0 Å². The Morgan fingerprint density at radius 2 is 0.825 bits per heavy atom. The Morgan fingerprint density at radius 1 is 0.316 bits per heavy atom. The number of aromatic nitrogens is 3. The lowest BCUT2D eigenvalue weighted by atomic mass is 9.96. The molecule has 3 aromatic heterocycles. The number of para-hydroxylation sites is 2. The van der Waals surface area contributed by atoms with E-state index < -0.39 is 0 Å². The molecule has 4 nitrogen and oxygen atoms in total. The van der Waals surface area contributed by atoms with E-state index in [0.29, 0.717) is 5.82 Å². The van der Waals surface area contributed by atoms with Crippen molar-refractivity contribution in [3.05, 3.63) is 200 Å². The molecule has 11 rings (SSSR count). The number of benzene rings is 8. The number of furan rings is 1. The van der Waals surface area contributed by atoms with E-state index in [0.717, 1.165) is 105 Å². The summed E-state index contributed by atoms with van der Waals surface area (Å²) in [4.78, 5) is 15.1. The summed E-state index contributed by atoms with van der Waals surface area (Å²) in [5.41, 5.74) is 14.1. The largest absolute Gasteiger partial charge is 0.455 e. The molecule has 3 heterocycles. The van der Waals surface area contributed by atoms with Crippen LogP contribution in [-0.2, 0) is 0 Å². The van der Waals surface area contributed by atoms with Crippen LogP contribution < -0.4 is 0 Å². The van der Waals surface area contributed by atoms with Crippen molar-refractivity contribution in [3.8, 4) is 67.4 Å². The maximum Gasteiger partial charge on any atom is 0.160 e. The average molecular weight is 728 g/mol.